The highest BCUT2D eigenvalue weighted by Gasteiger charge is 2.12. The molecule has 18 heavy (non-hydrogen) atoms. The molecule has 0 radical (unpaired) electrons. The van der Waals surface area contributed by atoms with Gasteiger partial charge >= 0.3 is 0 Å². The zero-order chi connectivity index (χ0) is 13.3. The van der Waals surface area contributed by atoms with Crippen molar-refractivity contribution in [3.05, 3.63) is 52.3 Å². The zero-order valence-corrected chi connectivity index (χ0v) is 11.7. The minimum Gasteiger partial charge on any atom is -0.330 e. The lowest BCUT2D eigenvalue weighted by Crippen LogP contribution is -2.05. The third-order valence-electron chi connectivity index (χ3n) is 3.77. The summed E-state index contributed by atoms with van der Waals surface area (Å²) < 4.78 is 2.34. The van der Waals surface area contributed by atoms with Crippen molar-refractivity contribution in [2.75, 3.05) is 6.54 Å². The summed E-state index contributed by atoms with van der Waals surface area (Å²) in [5.41, 5.74) is 13.6. The van der Waals surface area contributed by atoms with Crippen LogP contribution in [0.3, 0.4) is 0 Å². The summed E-state index contributed by atoms with van der Waals surface area (Å²) in [5, 5.41) is 0. The van der Waals surface area contributed by atoms with E-state index in [1.165, 1.54) is 33.8 Å². The summed E-state index contributed by atoms with van der Waals surface area (Å²) in [6.45, 7) is 9.39. The van der Waals surface area contributed by atoms with Crippen LogP contribution in [-0.2, 0) is 6.42 Å². The van der Waals surface area contributed by atoms with Gasteiger partial charge in [0.2, 0.25) is 0 Å². The lowest BCUT2D eigenvalue weighted by Gasteiger charge is -2.14. The van der Waals surface area contributed by atoms with E-state index in [9.17, 15) is 0 Å². The molecule has 0 unspecified atom stereocenters. The second-order valence-corrected chi connectivity index (χ2v) is 4.99. The van der Waals surface area contributed by atoms with Crippen LogP contribution in [0.2, 0.25) is 0 Å². The maximum absolute atomic E-state index is 5.67. The molecule has 2 N–H and O–H groups in total. The Morgan fingerprint density at radius 1 is 1.11 bits per heavy atom. The molecule has 96 valence electrons. The van der Waals surface area contributed by atoms with E-state index >= 15 is 0 Å². The largest absolute Gasteiger partial charge is 0.330 e. The van der Waals surface area contributed by atoms with E-state index in [0.717, 1.165) is 6.42 Å². The molecule has 0 bridgehead atoms. The summed E-state index contributed by atoms with van der Waals surface area (Å²) in [6, 6.07) is 8.73. The molecule has 0 aliphatic rings. The van der Waals surface area contributed by atoms with E-state index in [0.29, 0.717) is 6.54 Å². The predicted octanol–water partition coefficient (Wildman–Crippen LogP) is 3.21. The molecule has 0 spiro atoms. The van der Waals surface area contributed by atoms with Gasteiger partial charge in [0.05, 0.1) is 0 Å². The molecular weight excluding hydrogens is 220 g/mol. The lowest BCUT2D eigenvalue weighted by molar-refractivity contribution is 0.914. The van der Waals surface area contributed by atoms with E-state index in [-0.39, 0.29) is 0 Å². The molecule has 1 heterocycles. The third kappa shape index (κ3) is 2.08. The van der Waals surface area contributed by atoms with Gasteiger partial charge in [-0.05, 0) is 69.5 Å². The van der Waals surface area contributed by atoms with Crippen molar-refractivity contribution in [2.45, 2.75) is 34.1 Å². The van der Waals surface area contributed by atoms with Crippen LogP contribution >= 0.6 is 0 Å². The van der Waals surface area contributed by atoms with Crippen molar-refractivity contribution < 1.29 is 0 Å². The predicted molar refractivity (Wildman–Crippen MR) is 77.5 cm³/mol. The Morgan fingerprint density at radius 3 is 2.50 bits per heavy atom. The molecule has 0 fully saturated rings. The average molecular weight is 242 g/mol. The summed E-state index contributed by atoms with van der Waals surface area (Å²) in [7, 11) is 0. The molecule has 2 heteroatoms. The van der Waals surface area contributed by atoms with Gasteiger partial charge < -0.3 is 10.3 Å². The molecule has 1 aromatic carbocycles. The average Bonchev–Trinajstić information content (AvgIpc) is 2.60. The maximum Gasteiger partial charge on any atom is 0.0486 e. The maximum atomic E-state index is 5.67. The van der Waals surface area contributed by atoms with Gasteiger partial charge in [-0.3, -0.25) is 0 Å². The van der Waals surface area contributed by atoms with Gasteiger partial charge in [-0.25, -0.2) is 0 Å². The molecule has 0 aliphatic carbocycles. The van der Waals surface area contributed by atoms with Gasteiger partial charge in [0.1, 0.15) is 0 Å². The fourth-order valence-electron chi connectivity index (χ4n) is 2.59. The SMILES string of the molecule is Cc1cccc(-n2c(C)cc(CCN)c2C)c1C. The highest BCUT2D eigenvalue weighted by molar-refractivity contribution is 5.49. The number of nitrogens with two attached hydrogens (primary N) is 1. The Hall–Kier alpha value is -1.54. The lowest BCUT2D eigenvalue weighted by atomic mass is 10.1. The Bertz CT molecular complexity index is 565. The number of hydrogen-bond donors (Lipinski definition) is 1. The number of nitrogens with zero attached hydrogens (tertiary/aromatic N) is 1. The van der Waals surface area contributed by atoms with Crippen LogP contribution in [0.4, 0.5) is 0 Å². The van der Waals surface area contributed by atoms with Gasteiger partial charge in [-0.2, -0.15) is 0 Å². The first kappa shape index (κ1) is 12.9. The van der Waals surface area contributed by atoms with Crippen LogP contribution in [-0.4, -0.2) is 11.1 Å². The van der Waals surface area contributed by atoms with E-state index < -0.39 is 0 Å². The number of hydrogen-bond acceptors (Lipinski definition) is 1. The van der Waals surface area contributed by atoms with E-state index in [1.54, 1.807) is 0 Å². The highest BCUT2D eigenvalue weighted by Crippen LogP contribution is 2.24. The minimum absolute atomic E-state index is 0.705. The first-order chi connectivity index (χ1) is 8.56. The molecule has 0 amide bonds. The van der Waals surface area contributed by atoms with Gasteiger partial charge in [-0.15, -0.1) is 0 Å². The van der Waals surface area contributed by atoms with Gasteiger partial charge in [0, 0.05) is 17.1 Å². The number of rotatable bonds is 3. The molecule has 1 aromatic heterocycles. The molecule has 0 atom stereocenters. The molecule has 2 nitrogen and oxygen atoms in total. The molecule has 2 rings (SSSR count). The van der Waals surface area contributed by atoms with Crippen LogP contribution in [0.5, 0.6) is 0 Å². The minimum atomic E-state index is 0.705. The van der Waals surface area contributed by atoms with Crippen molar-refractivity contribution in [1.29, 1.82) is 0 Å². The molecule has 0 aliphatic heterocycles. The van der Waals surface area contributed by atoms with Crippen molar-refractivity contribution in [3.63, 3.8) is 0 Å². The number of aromatic nitrogens is 1. The third-order valence-corrected chi connectivity index (χ3v) is 3.77. The van der Waals surface area contributed by atoms with Gasteiger partial charge in [0.15, 0.2) is 0 Å². The van der Waals surface area contributed by atoms with Crippen molar-refractivity contribution in [1.82, 2.24) is 4.57 Å². The number of aryl methyl sites for hydroxylation is 2. The quantitative estimate of drug-likeness (QED) is 0.880. The Labute approximate surface area is 109 Å². The van der Waals surface area contributed by atoms with Crippen LogP contribution in [0.25, 0.3) is 5.69 Å². The van der Waals surface area contributed by atoms with E-state index in [2.05, 4.69) is 56.5 Å². The fraction of sp³-hybridized carbons (Fsp3) is 0.375. The normalized spacial score (nSPS) is 10.9. The standard InChI is InChI=1S/C16H22N2/c1-11-6-5-7-16(13(11)3)18-12(2)10-15(8-9-17)14(18)4/h5-7,10H,8-9,17H2,1-4H3. The summed E-state index contributed by atoms with van der Waals surface area (Å²) in [5.74, 6) is 0. The van der Waals surface area contributed by atoms with Crippen molar-refractivity contribution in [3.8, 4) is 5.69 Å². The molecule has 0 saturated heterocycles. The Kier molecular flexibility index (Phi) is 3.58. The smallest absolute Gasteiger partial charge is 0.0486 e. The fourth-order valence-corrected chi connectivity index (χ4v) is 2.59. The highest BCUT2D eigenvalue weighted by atomic mass is 15.0. The Morgan fingerprint density at radius 2 is 1.83 bits per heavy atom. The first-order valence-corrected chi connectivity index (χ1v) is 6.50. The van der Waals surface area contributed by atoms with Crippen LogP contribution in [0.1, 0.15) is 28.1 Å². The second kappa shape index (κ2) is 4.99. The number of benzene rings is 1. The van der Waals surface area contributed by atoms with Gasteiger partial charge in [0.25, 0.3) is 0 Å². The Balaban J connectivity index is 2.60. The summed E-state index contributed by atoms with van der Waals surface area (Å²) >= 11 is 0. The van der Waals surface area contributed by atoms with Crippen molar-refractivity contribution in [2.24, 2.45) is 5.73 Å². The monoisotopic (exact) mass is 242 g/mol. The summed E-state index contributed by atoms with van der Waals surface area (Å²) in [6.07, 6.45) is 0.949. The van der Waals surface area contributed by atoms with Crippen LogP contribution in [0, 0.1) is 27.7 Å². The van der Waals surface area contributed by atoms with Crippen molar-refractivity contribution >= 4 is 0 Å². The second-order valence-electron chi connectivity index (χ2n) is 4.99. The summed E-state index contributed by atoms with van der Waals surface area (Å²) in [4.78, 5) is 0. The van der Waals surface area contributed by atoms with E-state index in [4.69, 9.17) is 5.73 Å². The van der Waals surface area contributed by atoms with Crippen LogP contribution < -0.4 is 5.73 Å². The molecule has 0 saturated carbocycles. The topological polar surface area (TPSA) is 30.9 Å². The molecular formula is C16H22N2. The zero-order valence-electron chi connectivity index (χ0n) is 11.7. The van der Waals surface area contributed by atoms with Crippen LogP contribution in [0.15, 0.2) is 24.3 Å². The van der Waals surface area contributed by atoms with Gasteiger partial charge in [-0.1, -0.05) is 12.1 Å². The van der Waals surface area contributed by atoms with E-state index in [1.807, 2.05) is 0 Å². The first-order valence-electron chi connectivity index (χ1n) is 6.50. The molecule has 2 aromatic rings.